The topological polar surface area (TPSA) is 37.9 Å². The Morgan fingerprint density at radius 2 is 2.14 bits per heavy atom. The third-order valence-corrected chi connectivity index (χ3v) is 4.54. The number of hydrogen-bond donors (Lipinski definition) is 1. The summed E-state index contributed by atoms with van der Waals surface area (Å²) in [6.45, 7) is 6.81. The highest BCUT2D eigenvalue weighted by molar-refractivity contribution is 7.11. The van der Waals surface area contributed by atoms with Gasteiger partial charge in [0, 0.05) is 28.9 Å². The average Bonchev–Trinajstić information content (AvgIpc) is 3.02. The number of aromatic nitrogens is 2. The largest absolute Gasteiger partial charge is 0.486 e. The Labute approximate surface area is 132 Å². The summed E-state index contributed by atoms with van der Waals surface area (Å²) in [5.41, 5.74) is 2.26. The quantitative estimate of drug-likeness (QED) is 0.709. The molecule has 3 aromatic rings. The second-order valence-corrected chi connectivity index (χ2v) is 7.11. The number of rotatable bonds is 4. The summed E-state index contributed by atoms with van der Waals surface area (Å²) in [4.78, 5) is 8.74. The van der Waals surface area contributed by atoms with Gasteiger partial charge in [-0.15, -0.1) is 11.3 Å². The van der Waals surface area contributed by atoms with Gasteiger partial charge in [0.1, 0.15) is 12.4 Å². The Bertz CT molecular complexity index is 776. The summed E-state index contributed by atoms with van der Waals surface area (Å²) in [6.07, 6.45) is 1.85. The minimum absolute atomic E-state index is 0.459. The highest BCUT2D eigenvalue weighted by Gasteiger charge is 2.10. The van der Waals surface area contributed by atoms with Crippen molar-refractivity contribution in [2.75, 3.05) is 0 Å². The summed E-state index contributed by atoms with van der Waals surface area (Å²) >= 11 is 7.95. The fraction of sp³-hybridized carbons (Fsp3) is 0.312. The number of ether oxygens (including phenoxy) is 1. The average molecular weight is 321 g/mol. The number of H-pyrrole nitrogens is 1. The van der Waals surface area contributed by atoms with Crippen molar-refractivity contribution in [1.82, 2.24) is 9.97 Å². The van der Waals surface area contributed by atoms with Crippen LogP contribution in [0.25, 0.3) is 10.9 Å². The van der Waals surface area contributed by atoms with Crippen LogP contribution in [0.15, 0.2) is 24.4 Å². The van der Waals surface area contributed by atoms with Crippen molar-refractivity contribution < 1.29 is 4.74 Å². The number of nitrogens with one attached hydrogen (secondary N) is 1. The Balaban J connectivity index is 1.86. The molecule has 0 unspecified atom stereocenters. The maximum absolute atomic E-state index is 6.31. The molecule has 0 spiro atoms. The standard InChI is InChI=1S/C16H17ClN2OS/c1-9(2)14-5-11-4-13(17)16(6-15(11)19-14)20-8-12-7-18-10(3)21-12/h4-7,9,19H,8H2,1-3H3. The molecule has 2 heterocycles. The van der Waals surface area contributed by atoms with Gasteiger partial charge in [-0.3, -0.25) is 0 Å². The molecule has 0 aliphatic heterocycles. The fourth-order valence-corrected chi connectivity index (χ4v) is 3.13. The number of aromatic amines is 1. The van der Waals surface area contributed by atoms with E-state index < -0.39 is 0 Å². The van der Waals surface area contributed by atoms with Crippen LogP contribution >= 0.6 is 22.9 Å². The van der Waals surface area contributed by atoms with E-state index in [1.165, 1.54) is 5.69 Å². The van der Waals surface area contributed by atoms with E-state index >= 15 is 0 Å². The molecule has 3 nitrogen and oxygen atoms in total. The first-order valence-corrected chi connectivity index (χ1v) is 8.08. The van der Waals surface area contributed by atoms with Crippen molar-refractivity contribution in [3.8, 4) is 5.75 Å². The van der Waals surface area contributed by atoms with Gasteiger partial charge < -0.3 is 9.72 Å². The Kier molecular flexibility index (Phi) is 3.91. The Morgan fingerprint density at radius 1 is 1.33 bits per heavy atom. The van der Waals surface area contributed by atoms with E-state index in [1.807, 2.05) is 25.3 Å². The number of fused-ring (bicyclic) bond motifs is 1. The number of nitrogens with zero attached hydrogens (tertiary/aromatic N) is 1. The van der Waals surface area contributed by atoms with Crippen LogP contribution in [0.1, 0.15) is 35.3 Å². The monoisotopic (exact) mass is 320 g/mol. The lowest BCUT2D eigenvalue weighted by atomic mass is 10.1. The van der Waals surface area contributed by atoms with Crippen LogP contribution in [0.2, 0.25) is 5.02 Å². The van der Waals surface area contributed by atoms with E-state index in [-0.39, 0.29) is 0 Å². The lowest BCUT2D eigenvalue weighted by molar-refractivity contribution is 0.310. The molecule has 0 radical (unpaired) electrons. The zero-order valence-electron chi connectivity index (χ0n) is 12.2. The van der Waals surface area contributed by atoms with Crippen LogP contribution in [0.3, 0.4) is 0 Å². The molecule has 0 saturated heterocycles. The molecule has 0 atom stereocenters. The smallest absolute Gasteiger partial charge is 0.140 e. The third-order valence-electron chi connectivity index (χ3n) is 3.36. The molecule has 0 aliphatic rings. The summed E-state index contributed by atoms with van der Waals surface area (Å²) in [7, 11) is 0. The second-order valence-electron chi connectivity index (χ2n) is 5.38. The van der Waals surface area contributed by atoms with Crippen LogP contribution in [0, 0.1) is 6.92 Å². The van der Waals surface area contributed by atoms with E-state index in [0.29, 0.717) is 23.3 Å². The molecule has 0 saturated carbocycles. The second kappa shape index (κ2) is 5.70. The van der Waals surface area contributed by atoms with Crippen molar-refractivity contribution in [3.05, 3.63) is 45.0 Å². The van der Waals surface area contributed by atoms with Gasteiger partial charge in [-0.05, 0) is 25.0 Å². The maximum atomic E-state index is 6.31. The highest BCUT2D eigenvalue weighted by Crippen LogP contribution is 2.32. The zero-order valence-corrected chi connectivity index (χ0v) is 13.8. The van der Waals surface area contributed by atoms with Crippen LogP contribution < -0.4 is 4.74 Å². The van der Waals surface area contributed by atoms with Crippen LogP contribution in [0.5, 0.6) is 5.75 Å². The third kappa shape index (κ3) is 3.06. The summed E-state index contributed by atoms with van der Waals surface area (Å²) in [5.74, 6) is 1.16. The molecule has 21 heavy (non-hydrogen) atoms. The fourth-order valence-electron chi connectivity index (χ4n) is 2.20. The SMILES string of the molecule is Cc1ncc(COc2cc3[nH]c(C(C)C)cc3cc2Cl)s1. The van der Waals surface area contributed by atoms with E-state index in [2.05, 4.69) is 29.9 Å². The van der Waals surface area contributed by atoms with E-state index in [1.54, 1.807) is 11.3 Å². The van der Waals surface area contributed by atoms with Gasteiger partial charge in [0.25, 0.3) is 0 Å². The van der Waals surface area contributed by atoms with Gasteiger partial charge in [0.15, 0.2) is 0 Å². The van der Waals surface area contributed by atoms with Crippen molar-refractivity contribution in [3.63, 3.8) is 0 Å². The molecule has 0 fully saturated rings. The van der Waals surface area contributed by atoms with Gasteiger partial charge in [0.05, 0.1) is 14.9 Å². The van der Waals surface area contributed by atoms with Gasteiger partial charge in [-0.25, -0.2) is 4.98 Å². The van der Waals surface area contributed by atoms with Gasteiger partial charge >= 0.3 is 0 Å². The van der Waals surface area contributed by atoms with E-state index in [9.17, 15) is 0 Å². The normalized spacial score (nSPS) is 11.5. The van der Waals surface area contributed by atoms with Crippen LogP contribution in [-0.4, -0.2) is 9.97 Å². The summed E-state index contributed by atoms with van der Waals surface area (Å²) < 4.78 is 5.83. The lowest BCUT2D eigenvalue weighted by Gasteiger charge is -2.06. The molecule has 3 rings (SSSR count). The molecule has 5 heteroatoms. The molecule has 1 aromatic carbocycles. The zero-order chi connectivity index (χ0) is 15.0. The lowest BCUT2D eigenvalue weighted by Crippen LogP contribution is -1.93. The predicted molar refractivity (Wildman–Crippen MR) is 88.6 cm³/mol. The highest BCUT2D eigenvalue weighted by atomic mass is 35.5. The Morgan fingerprint density at radius 3 is 2.81 bits per heavy atom. The molecule has 0 amide bonds. The van der Waals surface area contributed by atoms with Crippen molar-refractivity contribution in [2.45, 2.75) is 33.3 Å². The first-order valence-electron chi connectivity index (χ1n) is 6.89. The summed E-state index contributed by atoms with van der Waals surface area (Å²) in [5, 5.41) is 2.80. The van der Waals surface area contributed by atoms with E-state index in [0.717, 1.165) is 20.8 Å². The summed E-state index contributed by atoms with van der Waals surface area (Å²) in [6, 6.07) is 6.06. The number of aryl methyl sites for hydroxylation is 1. The molecule has 110 valence electrons. The minimum atomic E-state index is 0.459. The minimum Gasteiger partial charge on any atom is -0.486 e. The van der Waals surface area contributed by atoms with Gasteiger partial charge in [-0.1, -0.05) is 25.4 Å². The van der Waals surface area contributed by atoms with Crippen LogP contribution in [-0.2, 0) is 6.61 Å². The molecule has 1 N–H and O–H groups in total. The molecular weight excluding hydrogens is 304 g/mol. The first kappa shape index (κ1) is 14.4. The number of hydrogen-bond acceptors (Lipinski definition) is 3. The number of thiazole rings is 1. The number of benzene rings is 1. The predicted octanol–water partition coefficient (Wildman–Crippen LogP) is 5.29. The first-order chi connectivity index (χ1) is 10.0. The molecule has 0 bridgehead atoms. The molecule has 2 aromatic heterocycles. The maximum Gasteiger partial charge on any atom is 0.140 e. The van der Waals surface area contributed by atoms with Gasteiger partial charge in [0.2, 0.25) is 0 Å². The molecular formula is C16H17ClN2OS. The van der Waals surface area contributed by atoms with Crippen molar-refractivity contribution in [1.29, 1.82) is 0 Å². The van der Waals surface area contributed by atoms with Gasteiger partial charge in [-0.2, -0.15) is 0 Å². The van der Waals surface area contributed by atoms with Crippen molar-refractivity contribution in [2.24, 2.45) is 0 Å². The van der Waals surface area contributed by atoms with Crippen molar-refractivity contribution >= 4 is 33.8 Å². The Hall–Kier alpha value is -1.52. The van der Waals surface area contributed by atoms with Crippen LogP contribution in [0.4, 0.5) is 0 Å². The molecule has 0 aliphatic carbocycles. The number of halogens is 1. The van der Waals surface area contributed by atoms with E-state index in [4.69, 9.17) is 16.3 Å².